The van der Waals surface area contributed by atoms with Crippen LogP contribution in [0.4, 0.5) is 0 Å². The van der Waals surface area contributed by atoms with Crippen molar-refractivity contribution in [3.63, 3.8) is 0 Å². The summed E-state index contributed by atoms with van der Waals surface area (Å²) in [5, 5.41) is 48.8. The fourth-order valence-electron chi connectivity index (χ4n) is 2.97. The summed E-state index contributed by atoms with van der Waals surface area (Å²) in [7, 11) is 0. The first-order chi connectivity index (χ1) is 9.76. The summed E-state index contributed by atoms with van der Waals surface area (Å²) < 4.78 is 5.53. The van der Waals surface area contributed by atoms with E-state index in [2.05, 4.69) is 13.8 Å². The minimum absolute atomic E-state index is 0.0112. The zero-order chi connectivity index (χ0) is 15.8. The Balaban J connectivity index is 2.06. The van der Waals surface area contributed by atoms with Gasteiger partial charge >= 0.3 is 0 Å². The molecule has 6 nitrogen and oxygen atoms in total. The Hall–Kier alpha value is 0.110. The summed E-state index contributed by atoms with van der Waals surface area (Å²) in [5.74, 6) is 0. The molecule has 0 radical (unpaired) electrons. The third-order valence-electron chi connectivity index (χ3n) is 4.63. The van der Waals surface area contributed by atoms with Crippen LogP contribution in [-0.2, 0) is 4.74 Å². The number of aliphatic hydroxyl groups excluding tert-OH is 5. The number of rotatable bonds is 3. The largest absolute Gasteiger partial charge is 0.394 e. The molecular weight excluding hydrogens is 296 g/mol. The lowest BCUT2D eigenvalue weighted by atomic mass is 9.76. The van der Waals surface area contributed by atoms with Gasteiger partial charge in [-0.2, -0.15) is 0 Å². The maximum atomic E-state index is 10.1. The summed E-state index contributed by atoms with van der Waals surface area (Å²) in [5.41, 5.74) is -0.738. The number of hydrogen-bond acceptors (Lipinski definition) is 7. The molecule has 7 atom stereocenters. The molecule has 0 aromatic carbocycles. The molecule has 1 saturated heterocycles. The highest BCUT2D eigenvalue weighted by Crippen LogP contribution is 2.46. The van der Waals surface area contributed by atoms with Gasteiger partial charge < -0.3 is 30.3 Å². The first kappa shape index (κ1) is 17.5. The molecule has 1 aliphatic heterocycles. The molecule has 0 bridgehead atoms. The van der Waals surface area contributed by atoms with Crippen LogP contribution in [0.3, 0.4) is 0 Å². The Morgan fingerprint density at radius 3 is 2.38 bits per heavy atom. The summed E-state index contributed by atoms with van der Waals surface area (Å²) >= 11 is 1.37. The van der Waals surface area contributed by atoms with E-state index in [1.807, 2.05) is 0 Å². The third kappa shape index (κ3) is 3.72. The SMILES string of the molecule is CC1(C)CCC(O)CC1S[C@@H]1OC(CO)[C@H](O)C(O)C1O. The second-order valence-corrected chi connectivity index (χ2v) is 8.04. The van der Waals surface area contributed by atoms with Crippen molar-refractivity contribution in [1.29, 1.82) is 0 Å². The molecule has 5 N–H and O–H groups in total. The van der Waals surface area contributed by atoms with Crippen molar-refractivity contribution in [2.75, 3.05) is 6.61 Å². The average Bonchev–Trinajstić information content (AvgIpc) is 2.43. The van der Waals surface area contributed by atoms with Crippen LogP contribution < -0.4 is 0 Å². The first-order valence-corrected chi connectivity index (χ1v) is 8.34. The van der Waals surface area contributed by atoms with Gasteiger partial charge in [0, 0.05) is 5.25 Å². The molecule has 2 aliphatic rings. The van der Waals surface area contributed by atoms with Crippen molar-refractivity contribution in [3.8, 4) is 0 Å². The minimum atomic E-state index is -1.34. The number of hydrogen-bond donors (Lipinski definition) is 5. The van der Waals surface area contributed by atoms with Crippen molar-refractivity contribution in [2.24, 2.45) is 5.41 Å². The molecule has 7 heteroatoms. The van der Waals surface area contributed by atoms with Crippen LogP contribution in [0.5, 0.6) is 0 Å². The lowest BCUT2D eigenvalue weighted by Crippen LogP contribution is -2.58. The van der Waals surface area contributed by atoms with Gasteiger partial charge in [0.05, 0.1) is 12.7 Å². The van der Waals surface area contributed by atoms with Crippen molar-refractivity contribution in [2.45, 2.75) is 74.3 Å². The lowest BCUT2D eigenvalue weighted by molar-refractivity contribution is -0.205. The standard InChI is InChI=1S/C14H26O6S/c1-14(2)4-3-7(16)5-9(14)21-13-12(19)11(18)10(17)8(6-15)20-13/h7-13,15-19H,3-6H2,1-2H3/t7?,8?,9?,10-,11?,12?,13-/m0/s1. The van der Waals surface area contributed by atoms with Gasteiger partial charge in [0.25, 0.3) is 0 Å². The highest BCUT2D eigenvalue weighted by Gasteiger charge is 2.46. The molecular formula is C14H26O6S. The monoisotopic (exact) mass is 322 g/mol. The molecule has 124 valence electrons. The predicted molar refractivity (Wildman–Crippen MR) is 78.8 cm³/mol. The van der Waals surface area contributed by atoms with Gasteiger partial charge in [0.2, 0.25) is 0 Å². The Morgan fingerprint density at radius 1 is 1.10 bits per heavy atom. The van der Waals surface area contributed by atoms with Crippen LogP contribution >= 0.6 is 11.8 Å². The van der Waals surface area contributed by atoms with Crippen molar-refractivity contribution < 1.29 is 30.3 Å². The summed E-state index contributed by atoms with van der Waals surface area (Å²) in [6, 6.07) is 0. The highest BCUT2D eigenvalue weighted by molar-refractivity contribution is 8.00. The van der Waals surface area contributed by atoms with E-state index >= 15 is 0 Å². The van der Waals surface area contributed by atoms with Crippen LogP contribution in [-0.4, -0.2) is 73.3 Å². The van der Waals surface area contributed by atoms with E-state index in [0.717, 1.165) is 12.8 Å². The first-order valence-electron chi connectivity index (χ1n) is 7.40. The van der Waals surface area contributed by atoms with E-state index in [9.17, 15) is 25.5 Å². The maximum absolute atomic E-state index is 10.1. The Labute approximate surface area is 129 Å². The molecule has 0 amide bonds. The van der Waals surface area contributed by atoms with Gasteiger partial charge in [0.1, 0.15) is 29.9 Å². The van der Waals surface area contributed by atoms with Crippen molar-refractivity contribution in [3.05, 3.63) is 0 Å². The van der Waals surface area contributed by atoms with E-state index in [0.29, 0.717) is 6.42 Å². The van der Waals surface area contributed by atoms with Crippen LogP contribution in [0.1, 0.15) is 33.1 Å². The fraction of sp³-hybridized carbons (Fsp3) is 1.00. The van der Waals surface area contributed by atoms with Crippen molar-refractivity contribution >= 4 is 11.8 Å². The highest BCUT2D eigenvalue weighted by atomic mass is 32.2. The van der Waals surface area contributed by atoms with Gasteiger partial charge in [-0.25, -0.2) is 0 Å². The molecule has 0 spiro atoms. The van der Waals surface area contributed by atoms with Crippen LogP contribution in [0, 0.1) is 5.41 Å². The topological polar surface area (TPSA) is 110 Å². The van der Waals surface area contributed by atoms with Crippen LogP contribution in [0.25, 0.3) is 0 Å². The third-order valence-corrected chi connectivity index (χ3v) is 6.44. The van der Waals surface area contributed by atoms with Crippen LogP contribution in [0.15, 0.2) is 0 Å². The normalized spacial score (nSPS) is 47.3. The minimum Gasteiger partial charge on any atom is -0.394 e. The smallest absolute Gasteiger partial charge is 0.132 e. The fourth-order valence-corrected chi connectivity index (χ4v) is 4.64. The van der Waals surface area contributed by atoms with E-state index in [1.165, 1.54) is 11.8 Å². The zero-order valence-electron chi connectivity index (χ0n) is 12.4. The lowest BCUT2D eigenvalue weighted by Gasteiger charge is -2.45. The zero-order valence-corrected chi connectivity index (χ0v) is 13.2. The molecule has 1 heterocycles. The molecule has 5 unspecified atom stereocenters. The van der Waals surface area contributed by atoms with Gasteiger partial charge in [-0.15, -0.1) is 11.8 Å². The van der Waals surface area contributed by atoms with Gasteiger partial charge in [-0.05, 0) is 24.7 Å². The molecule has 2 rings (SSSR count). The van der Waals surface area contributed by atoms with E-state index in [4.69, 9.17) is 4.74 Å². The van der Waals surface area contributed by atoms with E-state index in [1.54, 1.807) is 0 Å². The maximum Gasteiger partial charge on any atom is 0.132 e. The van der Waals surface area contributed by atoms with Crippen molar-refractivity contribution in [1.82, 2.24) is 0 Å². The summed E-state index contributed by atoms with van der Waals surface area (Å²) in [6.45, 7) is 3.81. The molecule has 0 aromatic rings. The number of thioether (sulfide) groups is 1. The van der Waals surface area contributed by atoms with Gasteiger partial charge in [0.15, 0.2) is 0 Å². The number of ether oxygens (including phenoxy) is 1. The molecule has 0 aromatic heterocycles. The second-order valence-electron chi connectivity index (χ2n) is 6.74. The predicted octanol–water partition coefficient (Wildman–Crippen LogP) is -0.541. The Kier molecular flexibility index (Phi) is 5.57. The quantitative estimate of drug-likeness (QED) is 0.474. The average molecular weight is 322 g/mol. The van der Waals surface area contributed by atoms with Gasteiger partial charge in [-0.3, -0.25) is 0 Å². The summed E-state index contributed by atoms with van der Waals surface area (Å²) in [4.78, 5) is 0. The number of aliphatic hydroxyl groups is 5. The molecule has 1 saturated carbocycles. The molecule has 2 fully saturated rings. The Morgan fingerprint density at radius 2 is 1.76 bits per heavy atom. The second kappa shape index (κ2) is 6.70. The van der Waals surface area contributed by atoms with Gasteiger partial charge in [-0.1, -0.05) is 13.8 Å². The van der Waals surface area contributed by atoms with Crippen LogP contribution in [0.2, 0.25) is 0 Å². The molecule has 1 aliphatic carbocycles. The Bertz CT molecular complexity index is 350. The van der Waals surface area contributed by atoms with E-state index < -0.39 is 36.5 Å². The molecule has 21 heavy (non-hydrogen) atoms. The summed E-state index contributed by atoms with van der Waals surface area (Å²) in [6.07, 6.45) is -2.88. The van der Waals surface area contributed by atoms with E-state index in [-0.39, 0.29) is 16.8 Å².